The standard InChI is InChI=1S/C9H14N4O2/c1-6-9(7(2)14,15-4-3-10-6)8-11-5-12-13-8/h5-6,10H,3-4H2,1-2H3,(H,11,12,13). The largest absolute Gasteiger partial charge is 0.356 e. The topological polar surface area (TPSA) is 79.9 Å². The highest BCUT2D eigenvalue weighted by molar-refractivity contribution is 5.86. The van der Waals surface area contributed by atoms with Gasteiger partial charge in [-0.3, -0.25) is 9.89 Å². The zero-order valence-corrected chi connectivity index (χ0v) is 8.78. The van der Waals surface area contributed by atoms with Crippen LogP contribution in [0.1, 0.15) is 19.7 Å². The van der Waals surface area contributed by atoms with Crippen molar-refractivity contribution in [1.29, 1.82) is 0 Å². The Labute approximate surface area is 87.4 Å². The van der Waals surface area contributed by atoms with Crippen molar-refractivity contribution in [2.24, 2.45) is 0 Å². The minimum atomic E-state index is -1.02. The van der Waals surface area contributed by atoms with Gasteiger partial charge in [0, 0.05) is 12.6 Å². The van der Waals surface area contributed by atoms with Gasteiger partial charge in [0.2, 0.25) is 0 Å². The molecule has 1 aliphatic heterocycles. The maximum atomic E-state index is 11.8. The number of nitrogens with zero attached hydrogens (tertiary/aromatic N) is 2. The Bertz CT molecular complexity index is 351. The summed E-state index contributed by atoms with van der Waals surface area (Å²) in [4.78, 5) is 15.8. The van der Waals surface area contributed by atoms with Crippen LogP contribution in [0, 0.1) is 0 Å². The molecule has 2 N–H and O–H groups in total. The normalized spacial score (nSPS) is 31.5. The number of hydrogen-bond acceptors (Lipinski definition) is 5. The summed E-state index contributed by atoms with van der Waals surface area (Å²) in [6.45, 7) is 4.64. The molecule has 15 heavy (non-hydrogen) atoms. The van der Waals surface area contributed by atoms with Gasteiger partial charge in [0.05, 0.1) is 6.61 Å². The molecule has 1 aliphatic rings. The lowest BCUT2D eigenvalue weighted by Crippen LogP contribution is -2.58. The third-order valence-corrected chi connectivity index (χ3v) is 2.78. The van der Waals surface area contributed by atoms with Crippen LogP contribution >= 0.6 is 0 Å². The summed E-state index contributed by atoms with van der Waals surface area (Å²) in [5.41, 5.74) is -1.02. The quantitative estimate of drug-likeness (QED) is 0.694. The van der Waals surface area contributed by atoms with E-state index in [0.29, 0.717) is 12.4 Å². The van der Waals surface area contributed by atoms with E-state index in [1.807, 2.05) is 6.92 Å². The number of hydrogen-bond donors (Lipinski definition) is 2. The molecule has 82 valence electrons. The Morgan fingerprint density at radius 3 is 3.07 bits per heavy atom. The second-order valence-electron chi connectivity index (χ2n) is 3.65. The molecule has 0 aromatic carbocycles. The van der Waals surface area contributed by atoms with Crippen LogP contribution in [-0.4, -0.2) is 40.2 Å². The van der Waals surface area contributed by atoms with Crippen molar-refractivity contribution >= 4 is 5.78 Å². The maximum Gasteiger partial charge on any atom is 0.199 e. The molecule has 1 aromatic rings. The third kappa shape index (κ3) is 1.46. The van der Waals surface area contributed by atoms with Gasteiger partial charge in [-0.2, -0.15) is 5.10 Å². The summed E-state index contributed by atoms with van der Waals surface area (Å²) < 4.78 is 5.64. The van der Waals surface area contributed by atoms with Crippen molar-refractivity contribution in [3.63, 3.8) is 0 Å². The highest BCUT2D eigenvalue weighted by Crippen LogP contribution is 2.29. The van der Waals surface area contributed by atoms with Gasteiger partial charge in [0.1, 0.15) is 6.33 Å². The third-order valence-electron chi connectivity index (χ3n) is 2.78. The Morgan fingerprint density at radius 2 is 2.53 bits per heavy atom. The van der Waals surface area contributed by atoms with Crippen molar-refractivity contribution < 1.29 is 9.53 Å². The minimum absolute atomic E-state index is 0.0704. The van der Waals surface area contributed by atoms with Crippen LogP contribution < -0.4 is 5.32 Å². The number of carbonyl (C=O) groups excluding carboxylic acids is 1. The Balaban J connectivity index is 2.43. The maximum absolute atomic E-state index is 11.8. The number of morpholine rings is 1. The molecule has 2 rings (SSSR count). The Kier molecular flexibility index (Phi) is 2.54. The minimum Gasteiger partial charge on any atom is -0.356 e. The van der Waals surface area contributed by atoms with Crippen LogP contribution in [-0.2, 0) is 15.1 Å². The zero-order valence-electron chi connectivity index (χ0n) is 8.78. The first kappa shape index (κ1) is 10.3. The first-order valence-electron chi connectivity index (χ1n) is 4.92. The summed E-state index contributed by atoms with van der Waals surface area (Å²) in [7, 11) is 0. The molecule has 0 amide bonds. The molecular formula is C9H14N4O2. The summed E-state index contributed by atoms with van der Waals surface area (Å²) >= 11 is 0. The van der Waals surface area contributed by atoms with Crippen molar-refractivity contribution in [3.05, 3.63) is 12.2 Å². The lowest BCUT2D eigenvalue weighted by Gasteiger charge is -2.39. The number of ketones is 1. The van der Waals surface area contributed by atoms with E-state index in [1.165, 1.54) is 13.3 Å². The molecule has 0 bridgehead atoms. The second-order valence-corrected chi connectivity index (χ2v) is 3.65. The SMILES string of the molecule is CC(=O)C1(c2ncn[nH]2)OCCNC1C. The highest BCUT2D eigenvalue weighted by atomic mass is 16.5. The molecule has 1 fully saturated rings. The molecule has 2 heterocycles. The molecule has 0 spiro atoms. The van der Waals surface area contributed by atoms with E-state index >= 15 is 0 Å². The van der Waals surface area contributed by atoms with Crippen molar-refractivity contribution in [3.8, 4) is 0 Å². The van der Waals surface area contributed by atoms with Crippen LogP contribution in [0.4, 0.5) is 0 Å². The van der Waals surface area contributed by atoms with Crippen LogP contribution in [0.3, 0.4) is 0 Å². The van der Waals surface area contributed by atoms with Crippen LogP contribution in [0.2, 0.25) is 0 Å². The summed E-state index contributed by atoms with van der Waals surface area (Å²) in [5.74, 6) is 0.397. The van der Waals surface area contributed by atoms with Gasteiger partial charge in [-0.25, -0.2) is 4.98 Å². The molecule has 0 radical (unpaired) electrons. The number of H-pyrrole nitrogens is 1. The summed E-state index contributed by atoms with van der Waals surface area (Å²) in [6, 6.07) is -0.114. The average molecular weight is 210 g/mol. The molecular weight excluding hydrogens is 196 g/mol. The van der Waals surface area contributed by atoms with Crippen molar-refractivity contribution in [1.82, 2.24) is 20.5 Å². The van der Waals surface area contributed by atoms with E-state index in [4.69, 9.17) is 4.74 Å². The number of rotatable bonds is 2. The summed E-state index contributed by atoms with van der Waals surface area (Å²) in [6.07, 6.45) is 1.38. The van der Waals surface area contributed by atoms with E-state index in [0.717, 1.165) is 6.54 Å². The van der Waals surface area contributed by atoms with E-state index < -0.39 is 5.60 Å². The van der Waals surface area contributed by atoms with E-state index in [-0.39, 0.29) is 11.8 Å². The number of Topliss-reactive ketones (excluding diaryl/α,β-unsaturated/α-hetero) is 1. The number of nitrogens with one attached hydrogen (secondary N) is 2. The van der Waals surface area contributed by atoms with Crippen LogP contribution in [0.5, 0.6) is 0 Å². The molecule has 2 unspecified atom stereocenters. The number of aromatic amines is 1. The number of ether oxygens (including phenoxy) is 1. The molecule has 0 aliphatic carbocycles. The monoisotopic (exact) mass is 210 g/mol. The van der Waals surface area contributed by atoms with E-state index in [9.17, 15) is 4.79 Å². The smallest absolute Gasteiger partial charge is 0.199 e. The fourth-order valence-corrected chi connectivity index (χ4v) is 1.99. The van der Waals surface area contributed by atoms with Gasteiger partial charge < -0.3 is 10.1 Å². The first-order chi connectivity index (χ1) is 7.18. The lowest BCUT2D eigenvalue weighted by molar-refractivity contribution is -0.156. The van der Waals surface area contributed by atoms with E-state index in [1.54, 1.807) is 0 Å². The van der Waals surface area contributed by atoms with Gasteiger partial charge in [-0.05, 0) is 13.8 Å². The Hall–Kier alpha value is -1.27. The highest BCUT2D eigenvalue weighted by Gasteiger charge is 2.48. The first-order valence-corrected chi connectivity index (χ1v) is 4.92. The zero-order chi connectivity index (χ0) is 10.9. The van der Waals surface area contributed by atoms with Gasteiger partial charge in [-0.15, -0.1) is 0 Å². The van der Waals surface area contributed by atoms with Crippen LogP contribution in [0.15, 0.2) is 6.33 Å². The van der Waals surface area contributed by atoms with Crippen LogP contribution in [0.25, 0.3) is 0 Å². The number of aromatic nitrogens is 3. The molecule has 2 atom stereocenters. The number of carbonyl (C=O) groups is 1. The molecule has 0 saturated carbocycles. The molecule has 1 saturated heterocycles. The molecule has 1 aromatic heterocycles. The lowest BCUT2D eigenvalue weighted by atomic mass is 9.89. The predicted molar refractivity (Wildman–Crippen MR) is 52.2 cm³/mol. The second kappa shape index (κ2) is 3.71. The summed E-state index contributed by atoms with van der Waals surface area (Å²) in [5, 5.41) is 9.68. The van der Waals surface area contributed by atoms with E-state index in [2.05, 4.69) is 20.5 Å². The van der Waals surface area contributed by atoms with Gasteiger partial charge >= 0.3 is 0 Å². The average Bonchev–Trinajstić information content (AvgIpc) is 2.71. The predicted octanol–water partition coefficient (Wildman–Crippen LogP) is -0.403. The Morgan fingerprint density at radius 1 is 1.73 bits per heavy atom. The van der Waals surface area contributed by atoms with Gasteiger partial charge in [-0.1, -0.05) is 0 Å². The van der Waals surface area contributed by atoms with Crippen molar-refractivity contribution in [2.75, 3.05) is 13.2 Å². The van der Waals surface area contributed by atoms with Gasteiger partial charge in [0.25, 0.3) is 0 Å². The van der Waals surface area contributed by atoms with Crippen molar-refractivity contribution in [2.45, 2.75) is 25.5 Å². The fourth-order valence-electron chi connectivity index (χ4n) is 1.99. The molecule has 6 heteroatoms. The van der Waals surface area contributed by atoms with Gasteiger partial charge in [0.15, 0.2) is 17.2 Å². The fraction of sp³-hybridized carbons (Fsp3) is 0.667. The molecule has 6 nitrogen and oxygen atoms in total.